The van der Waals surface area contributed by atoms with E-state index < -0.39 is 17.4 Å². The lowest BCUT2D eigenvalue weighted by atomic mass is 9.47. The van der Waals surface area contributed by atoms with Crippen LogP contribution in [0.5, 0.6) is 0 Å². The van der Waals surface area contributed by atoms with Gasteiger partial charge in [0.1, 0.15) is 6.10 Å². The van der Waals surface area contributed by atoms with Crippen LogP contribution in [-0.4, -0.2) is 66.3 Å². The Balaban J connectivity index is 0.971. The molecule has 3 saturated carbocycles. The molecule has 0 aromatic rings. The minimum absolute atomic E-state index is 0.0628. The number of nitrogens with one attached hydrogen (secondary N) is 1. The van der Waals surface area contributed by atoms with Gasteiger partial charge in [0, 0.05) is 39.3 Å². The van der Waals surface area contributed by atoms with Crippen molar-refractivity contribution >= 4 is 23.9 Å². The van der Waals surface area contributed by atoms with E-state index in [4.69, 9.17) is 16.0 Å². The summed E-state index contributed by atoms with van der Waals surface area (Å²) < 4.78 is 19.3. The number of hydrogen-bond acceptors (Lipinski definition) is 6. The molecule has 0 unspecified atom stereocenters. The number of hydrogen-bond donors (Lipinski definition) is 2. The number of amides is 2. The number of fused-ring (bicyclic) bond motifs is 5. The lowest BCUT2D eigenvalue weighted by Gasteiger charge is -2.58. The molecule has 9 heteroatoms. The van der Waals surface area contributed by atoms with E-state index in [1.807, 2.05) is 4.90 Å². The van der Waals surface area contributed by atoms with Gasteiger partial charge in [-0.25, -0.2) is 4.79 Å². The first-order valence-corrected chi connectivity index (χ1v) is 21.8. The molecule has 0 aromatic heterocycles. The summed E-state index contributed by atoms with van der Waals surface area (Å²) in [5.41, 5.74) is 1.77. The van der Waals surface area contributed by atoms with E-state index in [9.17, 15) is 19.2 Å². The van der Waals surface area contributed by atoms with Crippen LogP contribution in [0, 0.1) is 51.8 Å². The minimum atomic E-state index is -1.05. The average molecular weight is 757 g/mol. The average Bonchev–Trinajstić information content (AvgIpc) is 3.52. The lowest BCUT2D eigenvalue weighted by Crippen LogP contribution is -2.51. The quantitative estimate of drug-likeness (QED) is 0.0861. The SMILES string of the molecule is [3H]CC1(COC(=O)CCC(=O)O)CCN(C(=O)CCCCCNC(=O)O[C@H]2CC[C@@]3(C)C(=CC[C@H]4[C@@H]5CC[C@H]([C@H](C)CCCC(C)C)[C@@]5(C)CC[C@@H]43)C2)CC1. The molecule has 1 heterocycles. The van der Waals surface area contributed by atoms with E-state index in [-0.39, 0.29) is 49.9 Å². The summed E-state index contributed by atoms with van der Waals surface area (Å²) in [5.74, 6) is 3.39. The summed E-state index contributed by atoms with van der Waals surface area (Å²) >= 11 is 0. The molecule has 5 rings (SSSR count). The maximum Gasteiger partial charge on any atom is 0.407 e. The molecule has 54 heavy (non-hydrogen) atoms. The monoisotopic (exact) mass is 757 g/mol. The number of rotatable bonds is 17. The van der Waals surface area contributed by atoms with Gasteiger partial charge in [0.2, 0.25) is 5.91 Å². The van der Waals surface area contributed by atoms with E-state index in [0.717, 1.165) is 74.0 Å². The van der Waals surface area contributed by atoms with Gasteiger partial charge in [-0.1, -0.05) is 78.9 Å². The van der Waals surface area contributed by atoms with Crippen LogP contribution in [0.2, 0.25) is 0 Å². The van der Waals surface area contributed by atoms with Crippen molar-refractivity contribution in [2.24, 2.45) is 51.8 Å². The number of nitrogens with zero attached hydrogens (tertiary/aromatic N) is 1. The van der Waals surface area contributed by atoms with Crippen LogP contribution in [0.1, 0.15) is 165 Å². The number of carboxylic acids is 1. The molecule has 0 spiro atoms. The number of carbonyl (C=O) groups is 4. The summed E-state index contributed by atoms with van der Waals surface area (Å²) in [5, 5.41) is 11.7. The molecule has 2 N–H and O–H groups in total. The molecule has 2 amide bonds. The minimum Gasteiger partial charge on any atom is -0.481 e. The predicted octanol–water partition coefficient (Wildman–Crippen LogP) is 9.72. The van der Waals surface area contributed by atoms with E-state index in [1.54, 1.807) is 0 Å². The summed E-state index contributed by atoms with van der Waals surface area (Å²) in [4.78, 5) is 50.1. The van der Waals surface area contributed by atoms with Gasteiger partial charge in [-0.15, -0.1) is 0 Å². The number of ether oxygens (including phenoxy) is 2. The van der Waals surface area contributed by atoms with Gasteiger partial charge in [0.15, 0.2) is 0 Å². The Morgan fingerprint density at radius 2 is 1.70 bits per heavy atom. The third-order valence-electron chi connectivity index (χ3n) is 15.1. The zero-order valence-electron chi connectivity index (χ0n) is 35.4. The first kappa shape index (κ1) is 41.1. The maximum atomic E-state index is 12.9. The van der Waals surface area contributed by atoms with Crippen LogP contribution >= 0.6 is 0 Å². The molecule has 0 bridgehead atoms. The van der Waals surface area contributed by atoms with Crippen LogP contribution in [0.25, 0.3) is 0 Å². The Labute approximate surface area is 327 Å². The first-order chi connectivity index (χ1) is 26.2. The van der Waals surface area contributed by atoms with Gasteiger partial charge in [0.05, 0.1) is 19.4 Å². The fraction of sp³-hybridized carbons (Fsp3) is 0.867. The highest BCUT2D eigenvalue weighted by Gasteiger charge is 2.59. The molecule has 306 valence electrons. The zero-order chi connectivity index (χ0) is 39.8. The largest absolute Gasteiger partial charge is 0.481 e. The molecule has 4 aliphatic carbocycles. The number of piperidine rings is 1. The molecule has 8 atom stereocenters. The molecule has 5 aliphatic rings. The second-order valence-electron chi connectivity index (χ2n) is 19.2. The molecule has 4 fully saturated rings. The number of aliphatic carboxylic acids is 1. The Kier molecular flexibility index (Phi) is 14.1. The van der Waals surface area contributed by atoms with Crippen LogP contribution in [0.4, 0.5) is 4.79 Å². The molecule has 1 saturated heterocycles. The van der Waals surface area contributed by atoms with Crippen molar-refractivity contribution in [3.63, 3.8) is 0 Å². The van der Waals surface area contributed by atoms with Gasteiger partial charge >= 0.3 is 18.0 Å². The maximum absolute atomic E-state index is 12.9. The number of unbranched alkanes of at least 4 members (excludes halogenated alkanes) is 2. The normalized spacial score (nSPS) is 32.3. The van der Waals surface area contributed by atoms with E-state index in [1.165, 1.54) is 56.9 Å². The van der Waals surface area contributed by atoms with Gasteiger partial charge in [-0.3, -0.25) is 14.4 Å². The van der Waals surface area contributed by atoms with Crippen molar-refractivity contribution in [2.45, 2.75) is 170 Å². The third kappa shape index (κ3) is 10.4. The number of likely N-dealkylation sites (tertiary alicyclic amines) is 1. The summed E-state index contributed by atoms with van der Waals surface area (Å²) in [6.07, 6.45) is 19.5. The fourth-order valence-corrected chi connectivity index (χ4v) is 11.8. The number of carbonyl (C=O) groups excluding carboxylic acids is 3. The Morgan fingerprint density at radius 3 is 2.43 bits per heavy atom. The van der Waals surface area contributed by atoms with Gasteiger partial charge in [0.25, 0.3) is 0 Å². The fourth-order valence-electron chi connectivity index (χ4n) is 11.8. The molecular formula is C45H74N2O7. The standard InChI is InChI=1S/C45H74N2O7/c1-31(2)11-10-12-32(3)36-16-17-37-35-15-14-33-29-34(20-22-44(33,5)38(35)21-23-45(36,37)6)54-42(52)46-26-9-7-8-13-39(48)47-27-24-43(4,25-28-47)30-53-41(51)19-18-40(49)50/h14,31-32,34-38H,7-13,15-30H2,1-6H3,(H,46,52)(H,49,50)/t32-,34+,35+,36-,37+,38+,44+,45-/m1/s1/i4T. The van der Waals surface area contributed by atoms with Crippen molar-refractivity contribution in [3.05, 3.63) is 11.6 Å². The number of esters is 1. The lowest BCUT2D eigenvalue weighted by molar-refractivity contribution is -0.151. The molecular weight excluding hydrogens is 681 g/mol. The van der Waals surface area contributed by atoms with E-state index in [0.29, 0.717) is 44.3 Å². The second-order valence-corrected chi connectivity index (χ2v) is 19.2. The molecule has 9 nitrogen and oxygen atoms in total. The van der Waals surface area contributed by atoms with Crippen LogP contribution in [-0.2, 0) is 23.9 Å². The van der Waals surface area contributed by atoms with E-state index in [2.05, 4.69) is 46.0 Å². The van der Waals surface area contributed by atoms with Gasteiger partial charge in [-0.05, 0) is 117 Å². The van der Waals surface area contributed by atoms with Crippen LogP contribution in [0.15, 0.2) is 11.6 Å². The highest BCUT2D eigenvalue weighted by molar-refractivity contribution is 5.77. The summed E-state index contributed by atoms with van der Waals surface area (Å²) in [6, 6.07) is 0. The highest BCUT2D eigenvalue weighted by Crippen LogP contribution is 2.67. The first-order valence-electron chi connectivity index (χ1n) is 22.5. The molecule has 0 aromatic carbocycles. The topological polar surface area (TPSA) is 122 Å². The van der Waals surface area contributed by atoms with Crippen molar-refractivity contribution in [2.75, 3.05) is 26.2 Å². The second kappa shape index (κ2) is 18.6. The number of alkyl carbamates (subject to hydrolysis) is 1. The predicted molar refractivity (Wildman–Crippen MR) is 212 cm³/mol. The van der Waals surface area contributed by atoms with Gasteiger partial charge in [-0.2, -0.15) is 0 Å². The molecule has 0 radical (unpaired) electrons. The van der Waals surface area contributed by atoms with Crippen molar-refractivity contribution in [1.29, 1.82) is 0 Å². The Morgan fingerprint density at radius 1 is 0.926 bits per heavy atom. The van der Waals surface area contributed by atoms with Crippen molar-refractivity contribution < 1.29 is 35.1 Å². The summed E-state index contributed by atoms with van der Waals surface area (Å²) in [6.45, 7) is 14.2. The zero-order valence-corrected chi connectivity index (χ0v) is 34.4. The number of carboxylic acid groups (broad SMARTS) is 1. The van der Waals surface area contributed by atoms with Gasteiger partial charge < -0.3 is 24.8 Å². The smallest absolute Gasteiger partial charge is 0.407 e. The Hall–Kier alpha value is -2.58. The number of allylic oxidation sites excluding steroid dienone is 1. The van der Waals surface area contributed by atoms with E-state index >= 15 is 0 Å². The molecule has 1 aliphatic heterocycles. The highest BCUT2D eigenvalue weighted by atomic mass is 16.6. The van der Waals surface area contributed by atoms with Crippen molar-refractivity contribution in [1.82, 2.24) is 10.2 Å². The van der Waals surface area contributed by atoms with Crippen LogP contribution in [0.3, 0.4) is 0 Å². The Bertz CT molecular complexity index is 1360. The van der Waals surface area contributed by atoms with Crippen LogP contribution < -0.4 is 5.32 Å². The summed E-state index contributed by atoms with van der Waals surface area (Å²) in [7, 11) is 0. The van der Waals surface area contributed by atoms with Crippen molar-refractivity contribution in [3.8, 4) is 0 Å². The third-order valence-corrected chi connectivity index (χ3v) is 15.1.